The van der Waals surface area contributed by atoms with E-state index in [4.69, 9.17) is 11.6 Å². The number of rotatable bonds is 6. The van der Waals surface area contributed by atoms with Crippen LogP contribution in [0.3, 0.4) is 0 Å². The number of likely N-dealkylation sites (tertiary alicyclic amines) is 1. The van der Waals surface area contributed by atoms with Gasteiger partial charge >= 0.3 is 0 Å². The molecule has 1 N–H and O–H groups in total. The number of hydrogen-bond acceptors (Lipinski definition) is 4. The summed E-state index contributed by atoms with van der Waals surface area (Å²) in [6.45, 7) is 5.57. The average molecular weight is 418 g/mol. The molecule has 2 unspecified atom stereocenters. The van der Waals surface area contributed by atoms with Gasteiger partial charge in [-0.15, -0.1) is 0 Å². The predicted molar refractivity (Wildman–Crippen MR) is 108 cm³/mol. The van der Waals surface area contributed by atoms with Gasteiger partial charge in [0.15, 0.2) is 0 Å². The topological polar surface area (TPSA) is 53.4 Å². The fourth-order valence-corrected chi connectivity index (χ4v) is 5.00. The first kappa shape index (κ1) is 19.0. The van der Waals surface area contributed by atoms with Crippen LogP contribution in [0.25, 0.3) is 0 Å². The van der Waals surface area contributed by atoms with Gasteiger partial charge in [-0.1, -0.05) is 17.7 Å². The lowest BCUT2D eigenvalue weighted by molar-refractivity contribution is 0.0712. The van der Waals surface area contributed by atoms with Crippen molar-refractivity contribution in [3.63, 3.8) is 0 Å². The SMILES string of the molecule is Cn1cnc(C(=O)N(Cc2ccc(F)c(Cl)c2)CC2C3CN(C4CNC4)CC23)c1. The number of nitrogens with zero attached hydrogens (tertiary/aromatic N) is 4. The number of imidazole rings is 1. The zero-order chi connectivity index (χ0) is 20.1. The van der Waals surface area contributed by atoms with Gasteiger partial charge in [0.05, 0.1) is 11.3 Å². The van der Waals surface area contributed by atoms with Crippen molar-refractivity contribution < 1.29 is 9.18 Å². The second kappa shape index (κ2) is 7.38. The summed E-state index contributed by atoms with van der Waals surface area (Å²) in [7, 11) is 1.85. The number of hydrogen-bond donors (Lipinski definition) is 1. The summed E-state index contributed by atoms with van der Waals surface area (Å²) in [5, 5.41) is 3.43. The molecule has 29 heavy (non-hydrogen) atoms. The summed E-state index contributed by atoms with van der Waals surface area (Å²) in [5.74, 6) is 1.34. The highest BCUT2D eigenvalue weighted by atomic mass is 35.5. The normalized spacial score (nSPS) is 26.2. The van der Waals surface area contributed by atoms with Crippen LogP contribution < -0.4 is 5.32 Å². The highest BCUT2D eigenvalue weighted by Gasteiger charge is 2.57. The van der Waals surface area contributed by atoms with E-state index in [0.29, 0.717) is 42.6 Å². The summed E-state index contributed by atoms with van der Waals surface area (Å²) in [5.41, 5.74) is 1.27. The number of benzene rings is 1. The molecular weight excluding hydrogens is 393 g/mol. The minimum absolute atomic E-state index is 0.0841. The Morgan fingerprint density at radius 1 is 1.34 bits per heavy atom. The molecule has 0 bridgehead atoms. The van der Waals surface area contributed by atoms with E-state index in [1.165, 1.54) is 6.07 Å². The summed E-state index contributed by atoms with van der Waals surface area (Å²) >= 11 is 5.95. The fraction of sp³-hybridized carbons (Fsp3) is 0.524. The van der Waals surface area contributed by atoms with Crippen LogP contribution in [0.15, 0.2) is 30.7 Å². The van der Waals surface area contributed by atoms with Gasteiger partial charge in [-0.05, 0) is 35.4 Å². The molecule has 2 aliphatic heterocycles. The Balaban J connectivity index is 1.29. The Bertz CT molecular complexity index is 918. The van der Waals surface area contributed by atoms with Crippen molar-refractivity contribution in [1.29, 1.82) is 0 Å². The van der Waals surface area contributed by atoms with Crippen molar-refractivity contribution in [2.24, 2.45) is 24.8 Å². The maximum Gasteiger partial charge on any atom is 0.274 e. The van der Waals surface area contributed by atoms with Crippen LogP contribution in [0.4, 0.5) is 4.39 Å². The first-order chi connectivity index (χ1) is 14.0. The Hall–Kier alpha value is -1.96. The van der Waals surface area contributed by atoms with Crippen molar-refractivity contribution >= 4 is 17.5 Å². The number of carbonyl (C=O) groups excluding carboxylic acids is 1. The second-order valence-corrected chi connectivity index (χ2v) is 9.02. The first-order valence-corrected chi connectivity index (χ1v) is 10.5. The zero-order valence-corrected chi connectivity index (χ0v) is 17.1. The van der Waals surface area contributed by atoms with Gasteiger partial charge in [-0.25, -0.2) is 9.37 Å². The van der Waals surface area contributed by atoms with Crippen LogP contribution in [0.1, 0.15) is 16.1 Å². The zero-order valence-electron chi connectivity index (χ0n) is 16.4. The Morgan fingerprint density at radius 2 is 2.10 bits per heavy atom. The van der Waals surface area contributed by atoms with E-state index in [0.717, 1.165) is 31.7 Å². The maximum atomic E-state index is 13.5. The van der Waals surface area contributed by atoms with E-state index in [-0.39, 0.29) is 10.9 Å². The molecule has 2 atom stereocenters. The number of aryl methyl sites for hydroxylation is 1. The molecule has 3 heterocycles. The molecule has 154 valence electrons. The number of halogens is 2. The molecule has 1 aromatic carbocycles. The molecule has 5 rings (SSSR count). The van der Waals surface area contributed by atoms with E-state index in [2.05, 4.69) is 15.2 Å². The molecule has 0 spiro atoms. The number of nitrogens with one attached hydrogen (secondary N) is 1. The van der Waals surface area contributed by atoms with Gasteiger partial charge in [0.1, 0.15) is 11.5 Å². The van der Waals surface area contributed by atoms with Crippen LogP contribution in [0, 0.1) is 23.6 Å². The van der Waals surface area contributed by atoms with E-state index in [1.807, 2.05) is 11.9 Å². The van der Waals surface area contributed by atoms with Gasteiger partial charge in [0.2, 0.25) is 0 Å². The van der Waals surface area contributed by atoms with E-state index < -0.39 is 5.82 Å². The van der Waals surface area contributed by atoms with Crippen LogP contribution in [0.5, 0.6) is 0 Å². The Kier molecular flexibility index (Phi) is 4.84. The van der Waals surface area contributed by atoms with Gasteiger partial charge in [0, 0.05) is 58.6 Å². The van der Waals surface area contributed by atoms with Gasteiger partial charge in [0.25, 0.3) is 5.91 Å². The number of aromatic nitrogens is 2. The molecule has 6 nitrogen and oxygen atoms in total. The summed E-state index contributed by atoms with van der Waals surface area (Å²) in [4.78, 5) is 21.8. The van der Waals surface area contributed by atoms with Crippen LogP contribution in [-0.4, -0.2) is 64.0 Å². The molecular formula is C21H25ClFN5O. The molecule has 2 saturated heterocycles. The summed E-state index contributed by atoms with van der Waals surface area (Å²) < 4.78 is 15.3. The van der Waals surface area contributed by atoms with Crippen molar-refractivity contribution in [2.45, 2.75) is 12.6 Å². The van der Waals surface area contributed by atoms with Crippen LogP contribution in [0.2, 0.25) is 5.02 Å². The van der Waals surface area contributed by atoms with Crippen molar-refractivity contribution in [3.8, 4) is 0 Å². The smallest absolute Gasteiger partial charge is 0.274 e. The minimum Gasteiger partial charge on any atom is -0.340 e. The lowest BCUT2D eigenvalue weighted by atomic mass is 10.1. The summed E-state index contributed by atoms with van der Waals surface area (Å²) in [6, 6.07) is 5.35. The van der Waals surface area contributed by atoms with Gasteiger partial charge in [-0.2, -0.15) is 0 Å². The van der Waals surface area contributed by atoms with Gasteiger partial charge in [-0.3, -0.25) is 9.69 Å². The predicted octanol–water partition coefficient (Wildman–Crippen LogP) is 2.00. The van der Waals surface area contributed by atoms with Crippen molar-refractivity contribution in [2.75, 3.05) is 32.7 Å². The third kappa shape index (κ3) is 3.67. The molecule has 8 heteroatoms. The fourth-order valence-electron chi connectivity index (χ4n) is 4.80. The average Bonchev–Trinajstić information content (AvgIpc) is 3.00. The highest BCUT2D eigenvalue weighted by molar-refractivity contribution is 6.30. The number of fused-ring (bicyclic) bond motifs is 1. The quantitative estimate of drug-likeness (QED) is 0.781. The molecule has 0 radical (unpaired) electrons. The Labute approximate surface area is 174 Å². The Morgan fingerprint density at radius 3 is 2.69 bits per heavy atom. The largest absolute Gasteiger partial charge is 0.340 e. The minimum atomic E-state index is -0.444. The molecule has 1 saturated carbocycles. The molecule has 3 fully saturated rings. The lowest BCUT2D eigenvalue weighted by Crippen LogP contribution is -2.57. The van der Waals surface area contributed by atoms with Crippen molar-refractivity contribution in [1.82, 2.24) is 24.7 Å². The number of amides is 1. The van der Waals surface area contributed by atoms with E-state index in [1.54, 1.807) is 29.2 Å². The number of piperidine rings is 1. The molecule has 3 aliphatic rings. The van der Waals surface area contributed by atoms with E-state index >= 15 is 0 Å². The van der Waals surface area contributed by atoms with Crippen LogP contribution in [-0.2, 0) is 13.6 Å². The second-order valence-electron chi connectivity index (χ2n) is 8.62. The third-order valence-electron chi connectivity index (χ3n) is 6.68. The first-order valence-electron chi connectivity index (χ1n) is 10.2. The monoisotopic (exact) mass is 417 g/mol. The molecule has 2 aromatic rings. The third-order valence-corrected chi connectivity index (χ3v) is 6.97. The maximum absolute atomic E-state index is 13.5. The molecule has 1 aliphatic carbocycles. The van der Waals surface area contributed by atoms with Crippen LogP contribution >= 0.6 is 11.6 Å². The summed E-state index contributed by atoms with van der Waals surface area (Å²) in [6.07, 6.45) is 3.38. The van der Waals surface area contributed by atoms with Gasteiger partial charge < -0.3 is 14.8 Å². The highest BCUT2D eigenvalue weighted by Crippen LogP contribution is 2.52. The standard InChI is InChI=1S/C21H25ClFN5O/c1-26-11-20(25-12-26)21(29)28(7-13-2-3-19(23)18(22)4-13)10-17-15-8-27(9-16(15)17)14-5-24-6-14/h2-4,11-12,14-17,24H,5-10H2,1H3. The molecule has 1 aromatic heterocycles. The lowest BCUT2D eigenvalue weighted by Gasteiger charge is -2.37. The molecule has 1 amide bonds. The van der Waals surface area contributed by atoms with E-state index in [9.17, 15) is 9.18 Å². The van der Waals surface area contributed by atoms with Crippen molar-refractivity contribution in [3.05, 3.63) is 52.8 Å². The number of carbonyl (C=O) groups is 1.